The molecule has 43 heavy (non-hydrogen) atoms. The number of nitrogens with zero attached hydrogens (tertiary/aromatic N) is 2. The lowest BCUT2D eigenvalue weighted by Crippen LogP contribution is -2.40. The van der Waals surface area contributed by atoms with Gasteiger partial charge in [-0.2, -0.15) is 0 Å². The third-order valence-corrected chi connectivity index (χ3v) is 8.80. The third-order valence-electron chi connectivity index (χ3n) is 8.80. The molecule has 0 spiro atoms. The summed E-state index contributed by atoms with van der Waals surface area (Å²) in [6.07, 6.45) is 11.9. The zero-order valence-corrected chi connectivity index (χ0v) is 25.0. The van der Waals surface area contributed by atoms with Crippen LogP contribution in [0.1, 0.15) is 82.0 Å². The Morgan fingerprint density at radius 2 is 1.56 bits per heavy atom. The minimum absolute atomic E-state index is 0.160. The highest BCUT2D eigenvalue weighted by Gasteiger charge is 2.54. The van der Waals surface area contributed by atoms with E-state index < -0.39 is 5.41 Å². The first-order chi connectivity index (χ1) is 21.0. The maximum Gasteiger partial charge on any atom is 0.182 e. The summed E-state index contributed by atoms with van der Waals surface area (Å²) < 4.78 is 8.35. The molecule has 5 heteroatoms. The topological polar surface area (TPSA) is 61.2 Å². The van der Waals surface area contributed by atoms with E-state index in [1.54, 1.807) is 30.6 Å². The van der Waals surface area contributed by atoms with Gasteiger partial charge in [0.1, 0.15) is 17.8 Å². The monoisotopic (exact) mass is 570 g/mol. The number of aryl methyl sites for hydroxylation is 2. The van der Waals surface area contributed by atoms with E-state index in [4.69, 9.17) is 4.74 Å². The molecule has 0 saturated carbocycles. The van der Waals surface area contributed by atoms with Gasteiger partial charge in [-0.05, 0) is 78.4 Å². The number of unbranched alkanes of at least 4 members (excludes halogenated alkanes) is 4. The number of rotatable bonds is 12. The Morgan fingerprint density at radius 3 is 2.35 bits per heavy atom. The molecule has 5 nitrogen and oxygen atoms in total. The second-order valence-corrected chi connectivity index (χ2v) is 11.7. The van der Waals surface area contributed by atoms with E-state index in [-0.39, 0.29) is 18.0 Å². The lowest BCUT2D eigenvalue weighted by molar-refractivity contribution is 0.0793. The number of carbonyl (C=O) groups excluding carboxylic acids is 2. The fraction of sp³-hybridized carbons (Fsp3) is 0.289. The van der Waals surface area contributed by atoms with E-state index in [1.807, 2.05) is 48.5 Å². The molecule has 5 aromatic rings. The zero-order valence-electron chi connectivity index (χ0n) is 25.0. The molecule has 2 aromatic heterocycles. The number of pyridine rings is 1. The molecular formula is C38H38N2O3. The summed E-state index contributed by atoms with van der Waals surface area (Å²) in [4.78, 5) is 33.2. The average molecular weight is 571 g/mol. The molecule has 0 bridgehead atoms. The largest absolute Gasteiger partial charge is 0.489 e. The number of ketones is 2. The van der Waals surface area contributed by atoms with Crippen LogP contribution in [-0.4, -0.2) is 21.1 Å². The van der Waals surface area contributed by atoms with Gasteiger partial charge in [-0.3, -0.25) is 14.6 Å². The van der Waals surface area contributed by atoms with Crippen LogP contribution in [0.25, 0.3) is 10.9 Å². The Kier molecular flexibility index (Phi) is 8.24. The smallest absolute Gasteiger partial charge is 0.182 e. The molecule has 0 fully saturated rings. The van der Waals surface area contributed by atoms with Crippen LogP contribution in [-0.2, 0) is 25.0 Å². The van der Waals surface area contributed by atoms with Gasteiger partial charge in [-0.25, -0.2) is 0 Å². The Labute approximate surface area is 253 Å². The van der Waals surface area contributed by atoms with Crippen molar-refractivity contribution < 1.29 is 14.3 Å². The lowest BCUT2D eigenvalue weighted by Gasteiger charge is -2.27. The summed E-state index contributed by atoms with van der Waals surface area (Å²) in [5, 5.41) is 1.16. The van der Waals surface area contributed by atoms with Gasteiger partial charge < -0.3 is 9.30 Å². The summed E-state index contributed by atoms with van der Waals surface area (Å²) in [5.41, 5.74) is 4.46. The van der Waals surface area contributed by atoms with Gasteiger partial charge in [0.25, 0.3) is 0 Å². The molecular weight excluding hydrogens is 532 g/mol. The first-order valence-corrected chi connectivity index (χ1v) is 15.4. The second kappa shape index (κ2) is 12.4. The van der Waals surface area contributed by atoms with E-state index in [1.165, 1.54) is 31.2 Å². The fourth-order valence-electron chi connectivity index (χ4n) is 6.45. The van der Waals surface area contributed by atoms with E-state index in [0.29, 0.717) is 23.5 Å². The number of carbonyl (C=O) groups is 2. The molecule has 1 aliphatic rings. The van der Waals surface area contributed by atoms with Gasteiger partial charge in [0.2, 0.25) is 0 Å². The number of aromatic nitrogens is 2. The molecule has 0 amide bonds. The Morgan fingerprint density at radius 1 is 0.791 bits per heavy atom. The normalized spacial score (nSPS) is 16.1. The minimum Gasteiger partial charge on any atom is -0.489 e. The summed E-state index contributed by atoms with van der Waals surface area (Å²) in [6, 6.07) is 25.1. The van der Waals surface area contributed by atoms with Crippen molar-refractivity contribution >= 4 is 22.5 Å². The number of hydrogen-bond acceptors (Lipinski definition) is 4. The molecule has 1 unspecified atom stereocenters. The highest BCUT2D eigenvalue weighted by molar-refractivity contribution is 6.33. The van der Waals surface area contributed by atoms with Crippen molar-refractivity contribution in [2.24, 2.45) is 0 Å². The number of Topliss-reactive ketones (excluding diaryl/α,β-unsaturated/α-hetero) is 2. The number of ether oxygens (including phenoxy) is 1. The van der Waals surface area contributed by atoms with E-state index in [0.717, 1.165) is 40.6 Å². The van der Waals surface area contributed by atoms with Gasteiger partial charge >= 0.3 is 0 Å². The van der Waals surface area contributed by atoms with E-state index in [2.05, 4.69) is 41.7 Å². The number of benzene rings is 3. The average Bonchev–Trinajstić information content (AvgIpc) is 3.47. The van der Waals surface area contributed by atoms with Crippen molar-refractivity contribution in [3.05, 3.63) is 131 Å². The highest BCUT2D eigenvalue weighted by Crippen LogP contribution is 2.44. The van der Waals surface area contributed by atoms with Crippen LogP contribution in [0, 0.1) is 6.92 Å². The van der Waals surface area contributed by atoms with E-state index in [9.17, 15) is 9.59 Å². The minimum atomic E-state index is -1.36. The number of hydrogen-bond donors (Lipinski definition) is 0. The Hall–Kier alpha value is -4.51. The van der Waals surface area contributed by atoms with Crippen molar-refractivity contribution in [2.45, 2.75) is 70.9 Å². The van der Waals surface area contributed by atoms with Crippen LogP contribution < -0.4 is 4.74 Å². The van der Waals surface area contributed by atoms with Crippen molar-refractivity contribution in [2.75, 3.05) is 0 Å². The van der Waals surface area contributed by atoms with Crippen LogP contribution in [0.15, 0.2) is 97.5 Å². The first kappa shape index (κ1) is 28.6. The van der Waals surface area contributed by atoms with E-state index >= 15 is 0 Å². The molecule has 2 heterocycles. The second-order valence-electron chi connectivity index (χ2n) is 11.7. The number of fused-ring (bicyclic) bond motifs is 2. The van der Waals surface area contributed by atoms with Crippen molar-refractivity contribution in [3.63, 3.8) is 0 Å². The maximum atomic E-state index is 14.6. The zero-order chi connectivity index (χ0) is 29.8. The molecule has 0 saturated heterocycles. The van der Waals surface area contributed by atoms with Gasteiger partial charge in [0, 0.05) is 47.2 Å². The molecule has 6 rings (SSSR count). The fourth-order valence-corrected chi connectivity index (χ4v) is 6.45. The van der Waals surface area contributed by atoms with Crippen LogP contribution >= 0.6 is 0 Å². The van der Waals surface area contributed by atoms with Crippen LogP contribution in [0.4, 0.5) is 0 Å². The molecule has 0 aliphatic heterocycles. The lowest BCUT2D eigenvalue weighted by atomic mass is 9.71. The molecule has 218 valence electrons. The van der Waals surface area contributed by atoms with Crippen LogP contribution in [0.3, 0.4) is 0 Å². The van der Waals surface area contributed by atoms with Crippen LogP contribution in [0.5, 0.6) is 5.75 Å². The molecule has 0 radical (unpaired) electrons. The third kappa shape index (κ3) is 5.52. The summed E-state index contributed by atoms with van der Waals surface area (Å²) in [7, 11) is 0. The molecule has 3 aromatic carbocycles. The maximum absolute atomic E-state index is 14.6. The predicted molar refractivity (Wildman–Crippen MR) is 171 cm³/mol. The predicted octanol–water partition coefficient (Wildman–Crippen LogP) is 8.45. The summed E-state index contributed by atoms with van der Waals surface area (Å²) >= 11 is 0. The van der Waals surface area contributed by atoms with Crippen molar-refractivity contribution in [3.8, 4) is 5.75 Å². The Bertz CT molecular complexity index is 1760. The van der Waals surface area contributed by atoms with Gasteiger partial charge in [0.15, 0.2) is 11.6 Å². The van der Waals surface area contributed by atoms with Crippen molar-refractivity contribution in [1.29, 1.82) is 0 Å². The van der Waals surface area contributed by atoms with Crippen molar-refractivity contribution in [1.82, 2.24) is 9.55 Å². The van der Waals surface area contributed by atoms with Crippen LogP contribution in [0.2, 0.25) is 0 Å². The Balaban J connectivity index is 1.39. The van der Waals surface area contributed by atoms with Gasteiger partial charge in [0.05, 0.1) is 0 Å². The SMILES string of the molecule is CCCCCCCn1cc(C)c2ccc(C3(Cc4ccncc4)C(=O)c4ccc(OCc5ccccc5)cc4C3=O)cc21. The highest BCUT2D eigenvalue weighted by atomic mass is 16.5. The summed E-state index contributed by atoms with van der Waals surface area (Å²) in [5.74, 6) is 0.238. The summed E-state index contributed by atoms with van der Waals surface area (Å²) in [6.45, 7) is 5.66. The molecule has 1 aliphatic carbocycles. The quantitative estimate of drug-likeness (QED) is 0.112. The van der Waals surface area contributed by atoms with Gasteiger partial charge in [-0.15, -0.1) is 0 Å². The first-order valence-electron chi connectivity index (χ1n) is 15.4. The molecule has 0 N–H and O–H groups in total. The molecule has 1 atom stereocenters. The van der Waals surface area contributed by atoms with Gasteiger partial charge in [-0.1, -0.05) is 75.1 Å². The standard InChI is InChI=1S/C38H38N2O3/c1-3-4-5-6-10-21-40-25-27(2)32-15-13-30(22-35(32)40)38(24-28-17-19-39-20-18-28)36(41)33-16-14-31(23-34(33)37(38)42)43-26-29-11-8-7-9-12-29/h7-9,11-20,22-23,25H,3-6,10,21,24,26H2,1-2H3.